The Kier molecular flexibility index (Phi) is 3.86. The first-order valence-electron chi connectivity index (χ1n) is 4.38. The lowest BCUT2D eigenvalue weighted by Crippen LogP contribution is -1.85. The molecule has 0 aromatic heterocycles. The molecule has 0 unspecified atom stereocenters. The zero-order chi connectivity index (χ0) is 9.68. The van der Waals surface area contributed by atoms with Crippen molar-refractivity contribution in [3.63, 3.8) is 0 Å². The Bertz CT molecular complexity index is 342. The zero-order valence-corrected chi connectivity index (χ0v) is 8.78. The molecule has 0 radical (unpaired) electrons. The SMILES string of the molecule is CC#CCCc1ccc(Cl)c(C)c1. The van der Waals surface area contributed by atoms with Gasteiger partial charge in [-0.15, -0.1) is 11.8 Å². The van der Waals surface area contributed by atoms with Crippen LogP contribution in [0.25, 0.3) is 0 Å². The Labute approximate surface area is 84.9 Å². The molecule has 0 nitrogen and oxygen atoms in total. The van der Waals surface area contributed by atoms with Gasteiger partial charge in [-0.25, -0.2) is 0 Å². The van der Waals surface area contributed by atoms with Gasteiger partial charge in [-0.3, -0.25) is 0 Å². The van der Waals surface area contributed by atoms with Crippen LogP contribution in [0.2, 0.25) is 5.02 Å². The van der Waals surface area contributed by atoms with Gasteiger partial charge in [0.15, 0.2) is 0 Å². The third-order valence-electron chi connectivity index (χ3n) is 1.94. The molecule has 0 saturated carbocycles. The molecule has 13 heavy (non-hydrogen) atoms. The minimum atomic E-state index is 0.838. The van der Waals surface area contributed by atoms with E-state index in [4.69, 9.17) is 11.6 Å². The second-order valence-electron chi connectivity index (χ2n) is 3.01. The van der Waals surface area contributed by atoms with E-state index in [1.54, 1.807) is 0 Å². The first kappa shape index (κ1) is 10.2. The number of rotatable bonds is 2. The molecule has 0 aliphatic heterocycles. The first-order valence-corrected chi connectivity index (χ1v) is 4.76. The second-order valence-corrected chi connectivity index (χ2v) is 3.42. The average Bonchev–Trinajstić information content (AvgIpc) is 2.12. The Morgan fingerprint density at radius 1 is 1.38 bits per heavy atom. The lowest BCUT2D eigenvalue weighted by molar-refractivity contribution is 1.02. The lowest BCUT2D eigenvalue weighted by Gasteiger charge is -2.01. The number of aryl methyl sites for hydroxylation is 2. The molecule has 0 heterocycles. The van der Waals surface area contributed by atoms with Gasteiger partial charge >= 0.3 is 0 Å². The van der Waals surface area contributed by atoms with Crippen LogP contribution in [0.15, 0.2) is 18.2 Å². The molecule has 1 aromatic rings. The molecular formula is C12H13Cl. The van der Waals surface area contributed by atoms with Gasteiger partial charge in [-0.2, -0.15) is 0 Å². The zero-order valence-electron chi connectivity index (χ0n) is 8.02. The van der Waals surface area contributed by atoms with Gasteiger partial charge in [0.25, 0.3) is 0 Å². The molecule has 0 fully saturated rings. The summed E-state index contributed by atoms with van der Waals surface area (Å²) in [6.07, 6.45) is 1.94. The molecule has 0 aliphatic carbocycles. The van der Waals surface area contributed by atoms with E-state index in [0.29, 0.717) is 0 Å². The van der Waals surface area contributed by atoms with Crippen molar-refractivity contribution in [2.75, 3.05) is 0 Å². The fourth-order valence-corrected chi connectivity index (χ4v) is 1.31. The standard InChI is InChI=1S/C12H13Cl/c1-3-4-5-6-11-7-8-12(13)10(2)9-11/h7-9H,5-6H2,1-2H3. The number of hydrogen-bond acceptors (Lipinski definition) is 0. The van der Waals surface area contributed by atoms with Gasteiger partial charge in [0, 0.05) is 11.4 Å². The van der Waals surface area contributed by atoms with Crippen LogP contribution < -0.4 is 0 Å². The van der Waals surface area contributed by atoms with E-state index >= 15 is 0 Å². The highest BCUT2D eigenvalue weighted by Crippen LogP contribution is 2.16. The first-order chi connectivity index (χ1) is 6.24. The van der Waals surface area contributed by atoms with Crippen molar-refractivity contribution in [2.24, 2.45) is 0 Å². The maximum Gasteiger partial charge on any atom is 0.0435 e. The monoisotopic (exact) mass is 192 g/mol. The second kappa shape index (κ2) is 4.94. The fraction of sp³-hybridized carbons (Fsp3) is 0.333. The van der Waals surface area contributed by atoms with E-state index in [2.05, 4.69) is 24.0 Å². The molecule has 0 N–H and O–H groups in total. The molecular weight excluding hydrogens is 180 g/mol. The summed E-state index contributed by atoms with van der Waals surface area (Å²) in [5.74, 6) is 5.94. The summed E-state index contributed by atoms with van der Waals surface area (Å²) >= 11 is 5.91. The molecule has 1 heteroatoms. The quantitative estimate of drug-likeness (QED) is 0.629. The van der Waals surface area contributed by atoms with Gasteiger partial charge < -0.3 is 0 Å². The largest absolute Gasteiger partial charge is 0.107 e. The molecule has 1 aromatic carbocycles. The third kappa shape index (κ3) is 3.13. The fourth-order valence-electron chi connectivity index (χ4n) is 1.19. The Hall–Kier alpha value is -0.930. The van der Waals surface area contributed by atoms with Crippen molar-refractivity contribution in [3.8, 4) is 11.8 Å². The summed E-state index contributed by atoms with van der Waals surface area (Å²) < 4.78 is 0. The Morgan fingerprint density at radius 3 is 2.77 bits per heavy atom. The van der Waals surface area contributed by atoms with Gasteiger partial charge in [0.2, 0.25) is 0 Å². The molecule has 0 atom stereocenters. The summed E-state index contributed by atoms with van der Waals surface area (Å²) in [6.45, 7) is 3.89. The summed E-state index contributed by atoms with van der Waals surface area (Å²) in [4.78, 5) is 0. The van der Waals surface area contributed by atoms with Crippen LogP contribution in [-0.4, -0.2) is 0 Å². The number of hydrogen-bond donors (Lipinski definition) is 0. The minimum Gasteiger partial charge on any atom is -0.107 e. The maximum absolute atomic E-state index is 5.91. The van der Waals surface area contributed by atoms with E-state index in [0.717, 1.165) is 23.4 Å². The third-order valence-corrected chi connectivity index (χ3v) is 2.36. The highest BCUT2D eigenvalue weighted by molar-refractivity contribution is 6.31. The van der Waals surface area contributed by atoms with Crippen LogP contribution in [0.1, 0.15) is 24.5 Å². The van der Waals surface area contributed by atoms with Crippen LogP contribution >= 0.6 is 11.6 Å². The molecule has 0 bridgehead atoms. The van der Waals surface area contributed by atoms with Crippen molar-refractivity contribution in [1.82, 2.24) is 0 Å². The van der Waals surface area contributed by atoms with E-state index in [1.807, 2.05) is 19.9 Å². The summed E-state index contributed by atoms with van der Waals surface area (Å²) in [7, 11) is 0. The van der Waals surface area contributed by atoms with E-state index in [-0.39, 0.29) is 0 Å². The summed E-state index contributed by atoms with van der Waals surface area (Å²) in [5, 5.41) is 0.838. The molecule has 0 saturated heterocycles. The lowest BCUT2D eigenvalue weighted by atomic mass is 10.1. The average molecular weight is 193 g/mol. The summed E-state index contributed by atoms with van der Waals surface area (Å²) in [5.41, 5.74) is 2.45. The van der Waals surface area contributed by atoms with Gasteiger partial charge in [-0.1, -0.05) is 23.7 Å². The summed E-state index contributed by atoms with van der Waals surface area (Å²) in [6, 6.07) is 6.14. The van der Waals surface area contributed by atoms with Crippen LogP contribution in [0, 0.1) is 18.8 Å². The van der Waals surface area contributed by atoms with Crippen molar-refractivity contribution in [1.29, 1.82) is 0 Å². The Balaban J connectivity index is 2.66. The van der Waals surface area contributed by atoms with E-state index in [1.165, 1.54) is 5.56 Å². The highest BCUT2D eigenvalue weighted by Gasteiger charge is 1.96. The number of benzene rings is 1. The van der Waals surface area contributed by atoms with Gasteiger partial charge in [0.1, 0.15) is 0 Å². The van der Waals surface area contributed by atoms with E-state index < -0.39 is 0 Å². The molecule has 68 valence electrons. The van der Waals surface area contributed by atoms with Crippen LogP contribution in [0.4, 0.5) is 0 Å². The molecule has 0 spiro atoms. The van der Waals surface area contributed by atoms with Gasteiger partial charge in [0.05, 0.1) is 0 Å². The van der Waals surface area contributed by atoms with Crippen LogP contribution in [0.5, 0.6) is 0 Å². The van der Waals surface area contributed by atoms with E-state index in [9.17, 15) is 0 Å². The Morgan fingerprint density at radius 2 is 2.15 bits per heavy atom. The number of halogens is 1. The topological polar surface area (TPSA) is 0 Å². The van der Waals surface area contributed by atoms with Crippen LogP contribution in [-0.2, 0) is 6.42 Å². The molecule has 0 amide bonds. The van der Waals surface area contributed by atoms with Crippen molar-refractivity contribution < 1.29 is 0 Å². The van der Waals surface area contributed by atoms with Crippen molar-refractivity contribution in [2.45, 2.75) is 26.7 Å². The minimum absolute atomic E-state index is 0.838. The smallest absolute Gasteiger partial charge is 0.0435 e. The molecule has 0 aliphatic rings. The maximum atomic E-state index is 5.91. The van der Waals surface area contributed by atoms with Crippen molar-refractivity contribution in [3.05, 3.63) is 34.3 Å². The predicted octanol–water partition coefficient (Wildman–Crippen LogP) is 3.60. The molecule has 1 rings (SSSR count). The van der Waals surface area contributed by atoms with Crippen LogP contribution in [0.3, 0.4) is 0 Å². The van der Waals surface area contributed by atoms with Crippen molar-refractivity contribution >= 4 is 11.6 Å². The van der Waals surface area contributed by atoms with Gasteiger partial charge in [-0.05, 0) is 37.5 Å². The highest BCUT2D eigenvalue weighted by atomic mass is 35.5. The predicted molar refractivity (Wildman–Crippen MR) is 58.0 cm³/mol. The normalized spacial score (nSPS) is 9.15.